The fraction of sp³-hybridized carbons (Fsp3) is 0.136. The number of aryl methyl sites for hydroxylation is 3. The lowest BCUT2D eigenvalue weighted by Gasteiger charge is -2.13. The summed E-state index contributed by atoms with van der Waals surface area (Å²) in [5.41, 5.74) is 4.79. The monoisotopic (exact) mass is 331 g/mol. The summed E-state index contributed by atoms with van der Waals surface area (Å²) >= 11 is 0. The van der Waals surface area contributed by atoms with Crippen molar-refractivity contribution in [3.05, 3.63) is 89.0 Å². The summed E-state index contributed by atoms with van der Waals surface area (Å²) in [5, 5.41) is 3.01. The smallest absolute Gasteiger partial charge is 0.255 e. The largest absolute Gasteiger partial charge is 0.457 e. The van der Waals surface area contributed by atoms with E-state index in [9.17, 15) is 4.79 Å². The van der Waals surface area contributed by atoms with Crippen LogP contribution < -0.4 is 10.1 Å². The van der Waals surface area contributed by atoms with Gasteiger partial charge < -0.3 is 10.1 Å². The highest BCUT2D eigenvalue weighted by atomic mass is 16.5. The molecule has 0 atom stereocenters. The molecule has 25 heavy (non-hydrogen) atoms. The number of hydrogen-bond donors (Lipinski definition) is 1. The van der Waals surface area contributed by atoms with Gasteiger partial charge in [-0.25, -0.2) is 0 Å². The molecular formula is C22H21NO2. The number of anilines is 1. The van der Waals surface area contributed by atoms with Gasteiger partial charge in [0.15, 0.2) is 0 Å². The molecule has 3 nitrogen and oxygen atoms in total. The maximum atomic E-state index is 12.5. The first-order chi connectivity index (χ1) is 12.0. The van der Waals surface area contributed by atoms with Gasteiger partial charge >= 0.3 is 0 Å². The molecule has 0 spiro atoms. The first kappa shape index (κ1) is 16.8. The van der Waals surface area contributed by atoms with Crippen LogP contribution in [0.3, 0.4) is 0 Å². The van der Waals surface area contributed by atoms with Crippen molar-refractivity contribution < 1.29 is 9.53 Å². The van der Waals surface area contributed by atoms with E-state index in [1.54, 1.807) is 24.3 Å². The summed E-state index contributed by atoms with van der Waals surface area (Å²) in [7, 11) is 0. The molecule has 0 aliphatic heterocycles. The molecule has 3 aromatic rings. The molecule has 0 radical (unpaired) electrons. The van der Waals surface area contributed by atoms with Gasteiger partial charge in [-0.1, -0.05) is 35.9 Å². The zero-order valence-electron chi connectivity index (χ0n) is 14.7. The van der Waals surface area contributed by atoms with Crippen LogP contribution in [-0.2, 0) is 0 Å². The molecule has 0 aromatic heterocycles. The van der Waals surface area contributed by atoms with Crippen LogP contribution in [0, 0.1) is 20.8 Å². The quantitative estimate of drug-likeness (QED) is 0.670. The zero-order chi connectivity index (χ0) is 17.8. The summed E-state index contributed by atoms with van der Waals surface area (Å²) in [6, 6.07) is 20.8. The number of para-hydroxylation sites is 1. The van der Waals surface area contributed by atoms with Gasteiger partial charge in [-0.3, -0.25) is 4.79 Å². The van der Waals surface area contributed by atoms with E-state index >= 15 is 0 Å². The maximum absolute atomic E-state index is 12.5. The SMILES string of the molecule is Cc1cc(C)c(NC(=O)c2ccc(Oc3ccccc3)cc2)c(C)c1. The van der Waals surface area contributed by atoms with Gasteiger partial charge in [-0.2, -0.15) is 0 Å². The fourth-order valence-electron chi connectivity index (χ4n) is 2.86. The Kier molecular flexibility index (Phi) is 4.85. The second-order valence-electron chi connectivity index (χ2n) is 6.17. The van der Waals surface area contributed by atoms with Crippen molar-refractivity contribution in [1.82, 2.24) is 0 Å². The molecule has 0 bridgehead atoms. The third kappa shape index (κ3) is 4.07. The number of rotatable bonds is 4. The highest BCUT2D eigenvalue weighted by Gasteiger charge is 2.10. The molecule has 0 aliphatic rings. The number of carbonyl (C=O) groups excluding carboxylic acids is 1. The molecule has 0 unspecified atom stereocenters. The molecule has 0 heterocycles. The normalized spacial score (nSPS) is 10.4. The minimum absolute atomic E-state index is 0.124. The van der Waals surface area contributed by atoms with E-state index in [0.717, 1.165) is 22.6 Å². The highest BCUT2D eigenvalue weighted by Crippen LogP contribution is 2.24. The number of hydrogen-bond acceptors (Lipinski definition) is 2. The fourth-order valence-corrected chi connectivity index (χ4v) is 2.86. The summed E-state index contributed by atoms with van der Waals surface area (Å²) in [6.07, 6.45) is 0. The van der Waals surface area contributed by atoms with E-state index in [0.29, 0.717) is 11.3 Å². The second kappa shape index (κ2) is 7.22. The Morgan fingerprint density at radius 3 is 1.96 bits per heavy atom. The Hall–Kier alpha value is -3.07. The predicted octanol–water partition coefficient (Wildman–Crippen LogP) is 5.66. The van der Waals surface area contributed by atoms with Crippen LogP contribution in [-0.4, -0.2) is 5.91 Å². The third-order valence-corrected chi connectivity index (χ3v) is 4.01. The molecule has 3 aromatic carbocycles. The molecule has 126 valence electrons. The number of benzene rings is 3. The Morgan fingerprint density at radius 1 is 0.800 bits per heavy atom. The van der Waals surface area contributed by atoms with E-state index in [1.165, 1.54) is 5.56 Å². The van der Waals surface area contributed by atoms with Crippen LogP contribution in [0.25, 0.3) is 0 Å². The van der Waals surface area contributed by atoms with Gasteiger partial charge in [0.1, 0.15) is 11.5 Å². The number of ether oxygens (including phenoxy) is 1. The van der Waals surface area contributed by atoms with Crippen LogP contribution >= 0.6 is 0 Å². The van der Waals surface area contributed by atoms with Gasteiger partial charge in [0.05, 0.1) is 0 Å². The van der Waals surface area contributed by atoms with Crippen molar-refractivity contribution in [3.8, 4) is 11.5 Å². The van der Waals surface area contributed by atoms with Crippen molar-refractivity contribution in [2.24, 2.45) is 0 Å². The summed E-state index contributed by atoms with van der Waals surface area (Å²) < 4.78 is 5.75. The van der Waals surface area contributed by atoms with E-state index in [-0.39, 0.29) is 5.91 Å². The first-order valence-corrected chi connectivity index (χ1v) is 8.25. The summed E-state index contributed by atoms with van der Waals surface area (Å²) in [4.78, 5) is 12.5. The molecule has 3 rings (SSSR count). The van der Waals surface area contributed by atoms with Crippen LogP contribution in [0.15, 0.2) is 66.7 Å². The van der Waals surface area contributed by atoms with Crippen molar-refractivity contribution in [1.29, 1.82) is 0 Å². The van der Waals surface area contributed by atoms with E-state index in [2.05, 4.69) is 24.4 Å². The average Bonchev–Trinajstić information content (AvgIpc) is 2.59. The molecule has 0 fully saturated rings. The van der Waals surface area contributed by atoms with Gasteiger partial charge in [0.25, 0.3) is 5.91 Å². The minimum atomic E-state index is -0.124. The molecular weight excluding hydrogens is 310 g/mol. The zero-order valence-corrected chi connectivity index (χ0v) is 14.7. The van der Waals surface area contributed by atoms with E-state index in [4.69, 9.17) is 4.74 Å². The Labute approximate surface area is 148 Å². The van der Waals surface area contributed by atoms with Gasteiger partial charge in [-0.15, -0.1) is 0 Å². The predicted molar refractivity (Wildman–Crippen MR) is 102 cm³/mol. The number of nitrogens with one attached hydrogen (secondary N) is 1. The highest BCUT2D eigenvalue weighted by molar-refractivity contribution is 6.05. The lowest BCUT2D eigenvalue weighted by Crippen LogP contribution is -2.13. The summed E-state index contributed by atoms with van der Waals surface area (Å²) in [5.74, 6) is 1.34. The number of amides is 1. The van der Waals surface area contributed by atoms with Crippen LogP contribution in [0.1, 0.15) is 27.0 Å². The van der Waals surface area contributed by atoms with Crippen molar-refractivity contribution in [2.75, 3.05) is 5.32 Å². The van der Waals surface area contributed by atoms with E-state index < -0.39 is 0 Å². The third-order valence-electron chi connectivity index (χ3n) is 4.01. The Balaban J connectivity index is 1.73. The molecule has 1 N–H and O–H groups in total. The lowest BCUT2D eigenvalue weighted by molar-refractivity contribution is 0.102. The molecule has 1 amide bonds. The number of carbonyl (C=O) groups is 1. The molecule has 3 heteroatoms. The van der Waals surface area contributed by atoms with Gasteiger partial charge in [0, 0.05) is 11.3 Å². The Bertz CT molecular complexity index is 861. The standard InChI is InChI=1S/C22H21NO2/c1-15-13-16(2)21(17(3)14-15)23-22(24)18-9-11-20(12-10-18)25-19-7-5-4-6-8-19/h4-14H,1-3H3,(H,23,24). The van der Waals surface area contributed by atoms with E-state index in [1.807, 2.05) is 44.2 Å². The molecule has 0 saturated carbocycles. The van der Waals surface area contributed by atoms with Crippen LogP contribution in [0.5, 0.6) is 11.5 Å². The van der Waals surface area contributed by atoms with Gasteiger partial charge in [-0.05, 0) is 68.3 Å². The molecule has 0 aliphatic carbocycles. The maximum Gasteiger partial charge on any atom is 0.255 e. The van der Waals surface area contributed by atoms with Gasteiger partial charge in [0.2, 0.25) is 0 Å². The molecule has 0 saturated heterocycles. The lowest BCUT2D eigenvalue weighted by atomic mass is 10.0. The van der Waals surface area contributed by atoms with Crippen LogP contribution in [0.4, 0.5) is 5.69 Å². The average molecular weight is 331 g/mol. The second-order valence-corrected chi connectivity index (χ2v) is 6.17. The minimum Gasteiger partial charge on any atom is -0.457 e. The first-order valence-electron chi connectivity index (χ1n) is 8.25. The van der Waals surface area contributed by atoms with Crippen molar-refractivity contribution in [2.45, 2.75) is 20.8 Å². The topological polar surface area (TPSA) is 38.3 Å². The van der Waals surface area contributed by atoms with Crippen molar-refractivity contribution >= 4 is 11.6 Å². The summed E-state index contributed by atoms with van der Waals surface area (Å²) in [6.45, 7) is 6.07. The van der Waals surface area contributed by atoms with Crippen LogP contribution in [0.2, 0.25) is 0 Å². The Morgan fingerprint density at radius 2 is 1.36 bits per heavy atom. The van der Waals surface area contributed by atoms with Crippen molar-refractivity contribution in [3.63, 3.8) is 0 Å².